The maximum absolute atomic E-state index is 12.9. The van der Waals surface area contributed by atoms with Crippen LogP contribution in [-0.4, -0.2) is 45.6 Å². The van der Waals surface area contributed by atoms with Gasteiger partial charge in [0.2, 0.25) is 10.0 Å². The van der Waals surface area contributed by atoms with E-state index in [1.54, 1.807) is 29.2 Å². The molecule has 7 nitrogen and oxygen atoms in total. The molecule has 0 N–H and O–H groups in total. The molecular weight excluding hydrogens is 386 g/mol. The minimum atomic E-state index is -3.48. The van der Waals surface area contributed by atoms with Crippen molar-refractivity contribution in [3.63, 3.8) is 0 Å². The molecule has 1 aromatic carbocycles. The Labute approximate surface area is 171 Å². The zero-order chi connectivity index (χ0) is 20.6. The monoisotopic (exact) mass is 411 g/mol. The number of hydrogen-bond acceptors (Lipinski definition) is 5. The molecule has 0 atom stereocenters. The van der Waals surface area contributed by atoms with Gasteiger partial charge in [-0.05, 0) is 42.2 Å². The SMILES string of the molecule is CC(C)Cc1ccc(S(=O)(=O)N2CC(c3nc(-c4ccncc4)nn3C)C2)cc1. The smallest absolute Gasteiger partial charge is 0.243 e. The summed E-state index contributed by atoms with van der Waals surface area (Å²) in [6, 6.07) is 11.0. The zero-order valence-corrected chi connectivity index (χ0v) is 17.7. The van der Waals surface area contributed by atoms with E-state index in [1.165, 1.54) is 4.31 Å². The lowest BCUT2D eigenvalue weighted by Crippen LogP contribution is -2.49. The third kappa shape index (κ3) is 3.95. The average Bonchev–Trinajstić information content (AvgIpc) is 3.02. The van der Waals surface area contributed by atoms with E-state index >= 15 is 0 Å². The summed E-state index contributed by atoms with van der Waals surface area (Å²) in [6.45, 7) is 5.13. The van der Waals surface area contributed by atoms with E-state index in [0.717, 1.165) is 23.4 Å². The molecule has 0 saturated carbocycles. The Kier molecular flexibility index (Phi) is 5.23. The first kappa shape index (κ1) is 19.7. The largest absolute Gasteiger partial charge is 0.265 e. The Morgan fingerprint density at radius 2 is 1.72 bits per heavy atom. The van der Waals surface area contributed by atoms with E-state index in [9.17, 15) is 8.42 Å². The lowest BCUT2D eigenvalue weighted by atomic mass is 10.0. The van der Waals surface area contributed by atoms with Crippen molar-refractivity contribution in [3.8, 4) is 11.4 Å². The molecule has 3 aromatic rings. The molecule has 152 valence electrons. The van der Waals surface area contributed by atoms with Crippen molar-refractivity contribution in [2.24, 2.45) is 13.0 Å². The molecule has 0 aliphatic carbocycles. The highest BCUT2D eigenvalue weighted by atomic mass is 32.2. The summed E-state index contributed by atoms with van der Waals surface area (Å²) in [5.74, 6) is 2.01. The minimum absolute atomic E-state index is 0.0399. The Balaban J connectivity index is 1.46. The summed E-state index contributed by atoms with van der Waals surface area (Å²) >= 11 is 0. The molecule has 0 amide bonds. The van der Waals surface area contributed by atoms with Crippen LogP contribution in [0.1, 0.15) is 31.2 Å². The maximum atomic E-state index is 12.9. The van der Waals surface area contributed by atoms with Crippen LogP contribution in [0.3, 0.4) is 0 Å². The molecule has 1 aliphatic rings. The number of pyridine rings is 1. The van der Waals surface area contributed by atoms with Gasteiger partial charge < -0.3 is 0 Å². The van der Waals surface area contributed by atoms with Crippen molar-refractivity contribution in [1.82, 2.24) is 24.1 Å². The van der Waals surface area contributed by atoms with Gasteiger partial charge in [-0.15, -0.1) is 0 Å². The van der Waals surface area contributed by atoms with Gasteiger partial charge in [-0.2, -0.15) is 9.40 Å². The number of sulfonamides is 1. The number of aryl methyl sites for hydroxylation is 1. The second kappa shape index (κ2) is 7.68. The van der Waals surface area contributed by atoms with Crippen LogP contribution in [-0.2, 0) is 23.5 Å². The first-order valence-electron chi connectivity index (χ1n) is 9.75. The maximum Gasteiger partial charge on any atom is 0.243 e. The number of nitrogens with zero attached hydrogens (tertiary/aromatic N) is 5. The molecule has 0 bridgehead atoms. The second-order valence-electron chi connectivity index (χ2n) is 7.91. The topological polar surface area (TPSA) is 81.0 Å². The normalized spacial score (nSPS) is 15.6. The molecule has 4 rings (SSSR count). The number of rotatable bonds is 6. The molecular formula is C21H25N5O2S. The van der Waals surface area contributed by atoms with Crippen molar-refractivity contribution >= 4 is 10.0 Å². The summed E-state index contributed by atoms with van der Waals surface area (Å²) < 4.78 is 29.1. The third-order valence-corrected chi connectivity index (χ3v) is 7.00. The molecule has 1 saturated heterocycles. The highest BCUT2D eigenvalue weighted by Gasteiger charge is 2.39. The number of aromatic nitrogens is 4. The molecule has 1 aliphatic heterocycles. The molecule has 2 aromatic heterocycles. The Morgan fingerprint density at radius 3 is 2.34 bits per heavy atom. The number of benzene rings is 1. The van der Waals surface area contributed by atoms with Crippen molar-refractivity contribution in [3.05, 3.63) is 60.2 Å². The van der Waals surface area contributed by atoms with Gasteiger partial charge in [0.1, 0.15) is 5.82 Å². The van der Waals surface area contributed by atoms with Crippen molar-refractivity contribution in [2.45, 2.75) is 31.1 Å². The first-order chi connectivity index (χ1) is 13.8. The number of hydrogen-bond donors (Lipinski definition) is 0. The van der Waals surface area contributed by atoms with Gasteiger partial charge in [-0.3, -0.25) is 9.67 Å². The van der Waals surface area contributed by atoms with E-state index in [0.29, 0.717) is 29.7 Å². The Bertz CT molecular complexity index is 1090. The predicted octanol–water partition coefficient (Wildman–Crippen LogP) is 2.86. The van der Waals surface area contributed by atoms with E-state index in [2.05, 4.69) is 28.9 Å². The molecule has 1 fully saturated rings. The van der Waals surface area contributed by atoms with E-state index < -0.39 is 10.0 Å². The van der Waals surface area contributed by atoms with E-state index in [4.69, 9.17) is 0 Å². The average molecular weight is 412 g/mol. The fourth-order valence-corrected chi connectivity index (χ4v) is 5.12. The van der Waals surface area contributed by atoms with Gasteiger partial charge in [-0.1, -0.05) is 26.0 Å². The van der Waals surface area contributed by atoms with E-state index in [1.807, 2.05) is 31.3 Å². The Morgan fingerprint density at radius 1 is 1.07 bits per heavy atom. The summed E-state index contributed by atoms with van der Waals surface area (Å²) in [4.78, 5) is 8.99. The quantitative estimate of drug-likeness (QED) is 0.623. The Hall–Kier alpha value is -2.58. The van der Waals surface area contributed by atoms with Crippen LogP contribution >= 0.6 is 0 Å². The van der Waals surface area contributed by atoms with Crippen molar-refractivity contribution < 1.29 is 8.42 Å². The molecule has 0 spiro atoms. The van der Waals surface area contributed by atoms with Gasteiger partial charge in [0.25, 0.3) is 0 Å². The molecule has 8 heteroatoms. The molecule has 0 radical (unpaired) electrons. The van der Waals surface area contributed by atoms with Crippen LogP contribution in [0, 0.1) is 5.92 Å². The predicted molar refractivity (Wildman–Crippen MR) is 111 cm³/mol. The van der Waals surface area contributed by atoms with Crippen LogP contribution in [0.15, 0.2) is 53.7 Å². The third-order valence-electron chi connectivity index (χ3n) is 5.15. The van der Waals surface area contributed by atoms with Crippen LogP contribution in [0.5, 0.6) is 0 Å². The molecule has 29 heavy (non-hydrogen) atoms. The second-order valence-corrected chi connectivity index (χ2v) is 9.85. The fourth-order valence-electron chi connectivity index (χ4n) is 3.59. The van der Waals surface area contributed by atoms with Gasteiger partial charge in [-0.25, -0.2) is 13.4 Å². The minimum Gasteiger partial charge on any atom is -0.265 e. The van der Waals surface area contributed by atoms with E-state index in [-0.39, 0.29) is 5.92 Å². The molecule has 0 unspecified atom stereocenters. The van der Waals surface area contributed by atoms with Crippen LogP contribution in [0.2, 0.25) is 0 Å². The van der Waals surface area contributed by atoms with Crippen molar-refractivity contribution in [1.29, 1.82) is 0 Å². The van der Waals surface area contributed by atoms with Gasteiger partial charge in [0, 0.05) is 44.0 Å². The zero-order valence-electron chi connectivity index (χ0n) is 16.9. The van der Waals surface area contributed by atoms with Gasteiger partial charge in [0.15, 0.2) is 5.82 Å². The fraction of sp³-hybridized carbons (Fsp3) is 0.381. The van der Waals surface area contributed by atoms with Crippen molar-refractivity contribution in [2.75, 3.05) is 13.1 Å². The van der Waals surface area contributed by atoms with Crippen LogP contribution in [0.4, 0.5) is 0 Å². The first-order valence-corrected chi connectivity index (χ1v) is 11.2. The summed E-state index contributed by atoms with van der Waals surface area (Å²) in [6.07, 6.45) is 4.35. The highest BCUT2D eigenvalue weighted by Crippen LogP contribution is 2.32. The lowest BCUT2D eigenvalue weighted by molar-refractivity contribution is 0.251. The van der Waals surface area contributed by atoms with Crippen LogP contribution < -0.4 is 0 Å². The summed E-state index contributed by atoms with van der Waals surface area (Å²) in [5, 5.41) is 4.47. The summed E-state index contributed by atoms with van der Waals surface area (Å²) in [7, 11) is -1.63. The van der Waals surface area contributed by atoms with Gasteiger partial charge >= 0.3 is 0 Å². The molecule has 3 heterocycles. The lowest BCUT2D eigenvalue weighted by Gasteiger charge is -2.37. The highest BCUT2D eigenvalue weighted by molar-refractivity contribution is 7.89. The standard InChI is InChI=1S/C21H25N5O2S/c1-15(2)12-16-4-6-19(7-5-16)29(27,28)26-13-18(14-26)21-23-20(24-25(21)3)17-8-10-22-11-9-17/h4-11,15,18H,12-14H2,1-3H3. The summed E-state index contributed by atoms with van der Waals surface area (Å²) in [5.41, 5.74) is 2.05. The van der Waals surface area contributed by atoms with Gasteiger partial charge in [0.05, 0.1) is 4.90 Å². The van der Waals surface area contributed by atoms with Crippen LogP contribution in [0.25, 0.3) is 11.4 Å².